The number of nitrogens with zero attached hydrogens (tertiary/aromatic N) is 2. The second kappa shape index (κ2) is 6.94. The zero-order chi connectivity index (χ0) is 16.3. The third-order valence-electron chi connectivity index (χ3n) is 3.72. The molecule has 124 valence electrons. The van der Waals surface area contributed by atoms with Gasteiger partial charge in [-0.15, -0.1) is 11.3 Å². The Labute approximate surface area is 139 Å². The van der Waals surface area contributed by atoms with Crippen molar-refractivity contribution in [2.24, 2.45) is 0 Å². The van der Waals surface area contributed by atoms with Crippen molar-refractivity contribution < 1.29 is 12.8 Å². The van der Waals surface area contributed by atoms with E-state index in [0.29, 0.717) is 6.42 Å². The molecular formula is C15H18FN3O2S2. The highest BCUT2D eigenvalue weighted by atomic mass is 32.2. The lowest BCUT2D eigenvalue weighted by atomic mass is 10.3. The minimum Gasteiger partial charge on any atom is -0.348 e. The summed E-state index contributed by atoms with van der Waals surface area (Å²) in [7, 11) is -3.83. The van der Waals surface area contributed by atoms with Crippen LogP contribution in [0.1, 0.15) is 18.5 Å². The molecular weight excluding hydrogens is 337 g/mol. The number of hydrogen-bond acceptors (Lipinski definition) is 5. The van der Waals surface area contributed by atoms with Gasteiger partial charge in [-0.3, -0.25) is 0 Å². The smallest absolute Gasteiger partial charge is 0.243 e. The molecule has 8 heteroatoms. The Kier molecular flexibility index (Phi) is 4.93. The van der Waals surface area contributed by atoms with Crippen molar-refractivity contribution >= 4 is 26.5 Å². The van der Waals surface area contributed by atoms with Crippen LogP contribution in [0, 0.1) is 5.82 Å². The highest BCUT2D eigenvalue weighted by molar-refractivity contribution is 7.89. The first-order valence-corrected chi connectivity index (χ1v) is 9.86. The van der Waals surface area contributed by atoms with Gasteiger partial charge in [-0.05, 0) is 25.0 Å². The summed E-state index contributed by atoms with van der Waals surface area (Å²) in [6.45, 7) is 2.26. The minimum absolute atomic E-state index is 0.194. The van der Waals surface area contributed by atoms with Gasteiger partial charge < -0.3 is 4.90 Å². The predicted molar refractivity (Wildman–Crippen MR) is 88.9 cm³/mol. The van der Waals surface area contributed by atoms with Crippen LogP contribution < -0.4 is 9.62 Å². The number of anilines is 1. The van der Waals surface area contributed by atoms with Crippen LogP contribution in [0.5, 0.6) is 0 Å². The van der Waals surface area contributed by atoms with Crippen LogP contribution in [0.15, 0.2) is 34.5 Å². The van der Waals surface area contributed by atoms with E-state index in [1.54, 1.807) is 11.3 Å². The molecule has 1 aromatic carbocycles. The van der Waals surface area contributed by atoms with Crippen LogP contribution >= 0.6 is 11.3 Å². The number of aromatic nitrogens is 1. The van der Waals surface area contributed by atoms with Gasteiger partial charge in [-0.25, -0.2) is 22.5 Å². The fourth-order valence-electron chi connectivity index (χ4n) is 2.52. The van der Waals surface area contributed by atoms with Gasteiger partial charge in [0, 0.05) is 31.4 Å². The van der Waals surface area contributed by atoms with Crippen molar-refractivity contribution in [3.05, 3.63) is 41.2 Å². The van der Waals surface area contributed by atoms with Crippen molar-refractivity contribution in [1.82, 2.24) is 9.71 Å². The third kappa shape index (κ3) is 3.88. The maximum absolute atomic E-state index is 13.6. The summed E-state index contributed by atoms with van der Waals surface area (Å²) in [5.74, 6) is -0.745. The molecule has 2 aromatic rings. The summed E-state index contributed by atoms with van der Waals surface area (Å²) in [4.78, 5) is 6.46. The second-order valence-electron chi connectivity index (χ2n) is 5.39. The van der Waals surface area contributed by atoms with Crippen LogP contribution in [0.25, 0.3) is 0 Å². The first-order valence-electron chi connectivity index (χ1n) is 7.50. The zero-order valence-electron chi connectivity index (χ0n) is 12.5. The van der Waals surface area contributed by atoms with Gasteiger partial charge in [0.15, 0.2) is 5.13 Å². The average molecular weight is 355 g/mol. The Bertz CT molecular complexity index is 771. The third-order valence-corrected chi connectivity index (χ3v) is 6.16. The summed E-state index contributed by atoms with van der Waals surface area (Å²) in [5, 5.41) is 2.94. The van der Waals surface area contributed by atoms with E-state index < -0.39 is 15.8 Å². The Hall–Kier alpha value is -1.51. The maximum atomic E-state index is 13.6. The standard InChI is InChI=1S/C15H18FN3O2S2/c16-13-5-1-2-6-14(13)23(20,21)17-8-7-12-11-22-15(18-12)19-9-3-4-10-19/h1-2,5-6,11,17H,3-4,7-10H2. The molecule has 1 fully saturated rings. The molecule has 0 spiro atoms. The first-order chi connectivity index (χ1) is 11.1. The van der Waals surface area contributed by atoms with Gasteiger partial charge in [0.25, 0.3) is 0 Å². The van der Waals surface area contributed by atoms with Crippen molar-refractivity contribution in [3.8, 4) is 0 Å². The van der Waals surface area contributed by atoms with Gasteiger partial charge in [0.1, 0.15) is 10.7 Å². The molecule has 2 heterocycles. The highest BCUT2D eigenvalue weighted by Crippen LogP contribution is 2.24. The first kappa shape index (κ1) is 16.4. The fourth-order valence-corrected chi connectivity index (χ4v) is 4.54. The molecule has 1 N–H and O–H groups in total. The van der Waals surface area contributed by atoms with E-state index in [4.69, 9.17) is 0 Å². The zero-order valence-corrected chi connectivity index (χ0v) is 14.2. The molecule has 1 aliphatic rings. The van der Waals surface area contributed by atoms with Crippen molar-refractivity contribution in [1.29, 1.82) is 0 Å². The largest absolute Gasteiger partial charge is 0.348 e. The number of rotatable bonds is 6. The lowest BCUT2D eigenvalue weighted by Crippen LogP contribution is -2.26. The topological polar surface area (TPSA) is 62.3 Å². The van der Waals surface area contributed by atoms with Crippen molar-refractivity contribution in [2.75, 3.05) is 24.5 Å². The van der Waals surface area contributed by atoms with Gasteiger partial charge in [0.2, 0.25) is 10.0 Å². The minimum atomic E-state index is -3.83. The molecule has 5 nitrogen and oxygen atoms in total. The van der Waals surface area contributed by atoms with Gasteiger partial charge >= 0.3 is 0 Å². The molecule has 1 saturated heterocycles. The van der Waals surface area contributed by atoms with Gasteiger partial charge in [-0.2, -0.15) is 0 Å². The fraction of sp³-hybridized carbons (Fsp3) is 0.400. The molecule has 1 aromatic heterocycles. The van der Waals surface area contributed by atoms with Gasteiger partial charge in [-0.1, -0.05) is 12.1 Å². The lowest BCUT2D eigenvalue weighted by Gasteiger charge is -2.12. The normalized spacial score (nSPS) is 15.3. The number of halogens is 1. The van der Waals surface area contributed by atoms with E-state index in [2.05, 4.69) is 14.6 Å². The summed E-state index contributed by atoms with van der Waals surface area (Å²) >= 11 is 1.58. The quantitative estimate of drug-likeness (QED) is 0.864. The molecule has 0 radical (unpaired) electrons. The van der Waals surface area contributed by atoms with E-state index in [9.17, 15) is 12.8 Å². The number of benzene rings is 1. The van der Waals surface area contributed by atoms with Crippen LogP contribution in [-0.2, 0) is 16.4 Å². The summed E-state index contributed by atoms with van der Waals surface area (Å²) in [5.41, 5.74) is 0.855. The maximum Gasteiger partial charge on any atom is 0.243 e. The Balaban J connectivity index is 1.58. The number of thiazole rings is 1. The summed E-state index contributed by atoms with van der Waals surface area (Å²) in [6, 6.07) is 5.35. The van der Waals surface area contributed by atoms with Crippen LogP contribution in [0.3, 0.4) is 0 Å². The highest BCUT2D eigenvalue weighted by Gasteiger charge is 2.19. The molecule has 23 heavy (non-hydrogen) atoms. The van der Waals surface area contributed by atoms with E-state index in [1.165, 1.54) is 31.0 Å². The number of sulfonamides is 1. The van der Waals surface area contributed by atoms with Crippen molar-refractivity contribution in [3.63, 3.8) is 0 Å². The molecule has 0 unspecified atom stereocenters. The lowest BCUT2D eigenvalue weighted by molar-refractivity contribution is 0.557. The Morgan fingerprint density at radius 1 is 1.26 bits per heavy atom. The van der Waals surface area contributed by atoms with Gasteiger partial charge in [0.05, 0.1) is 5.69 Å². The molecule has 3 rings (SSSR count). The van der Waals surface area contributed by atoms with Crippen LogP contribution in [-0.4, -0.2) is 33.0 Å². The molecule has 0 amide bonds. The Morgan fingerprint density at radius 3 is 2.74 bits per heavy atom. The number of nitrogens with one attached hydrogen (secondary N) is 1. The molecule has 0 aliphatic carbocycles. The predicted octanol–water partition coefficient (Wildman–Crippen LogP) is 2.40. The number of hydrogen-bond donors (Lipinski definition) is 1. The van der Waals surface area contributed by atoms with E-state index in [1.807, 2.05) is 5.38 Å². The van der Waals surface area contributed by atoms with Crippen LogP contribution in [0.2, 0.25) is 0 Å². The molecule has 0 saturated carbocycles. The molecule has 0 bridgehead atoms. The Morgan fingerprint density at radius 2 is 2.00 bits per heavy atom. The monoisotopic (exact) mass is 355 g/mol. The summed E-state index contributed by atoms with van der Waals surface area (Å²) in [6.07, 6.45) is 2.87. The summed E-state index contributed by atoms with van der Waals surface area (Å²) < 4.78 is 40.2. The van der Waals surface area contributed by atoms with E-state index in [-0.39, 0.29) is 11.4 Å². The van der Waals surface area contributed by atoms with Crippen molar-refractivity contribution in [2.45, 2.75) is 24.2 Å². The van der Waals surface area contributed by atoms with Crippen LogP contribution in [0.4, 0.5) is 9.52 Å². The second-order valence-corrected chi connectivity index (χ2v) is 7.97. The van der Waals surface area contributed by atoms with E-state index in [0.717, 1.165) is 30.0 Å². The molecule has 1 aliphatic heterocycles. The molecule has 0 atom stereocenters. The SMILES string of the molecule is O=S(=O)(NCCc1csc(N2CCCC2)n1)c1ccccc1F. The average Bonchev–Trinajstić information content (AvgIpc) is 3.18. The van der Waals surface area contributed by atoms with E-state index >= 15 is 0 Å².